The van der Waals surface area contributed by atoms with Crippen molar-refractivity contribution in [3.63, 3.8) is 0 Å². The Labute approximate surface area is 303 Å². The minimum absolute atomic E-state index is 0.0235. The lowest BCUT2D eigenvalue weighted by Crippen LogP contribution is -2.59. The Hall–Kier alpha value is -4.62. The van der Waals surface area contributed by atoms with E-state index in [2.05, 4.69) is 70.9 Å². The van der Waals surface area contributed by atoms with Crippen molar-refractivity contribution in [1.82, 2.24) is 10.2 Å². The van der Waals surface area contributed by atoms with E-state index in [-0.39, 0.29) is 17.1 Å². The Balaban J connectivity index is 1.19. The quantitative estimate of drug-likeness (QED) is 0.128. The SMILES string of the molecule is COc1ccc(CC(=O)NCCCC(CCCN2CCCCC23CCc2cc(OC)c(OC)cc2C3=O)(c2ccccc2)c2ccccc2)cc1. The van der Waals surface area contributed by atoms with Crippen LogP contribution in [0.2, 0.25) is 0 Å². The first kappa shape index (κ1) is 36.2. The minimum atomic E-state index is -0.485. The summed E-state index contributed by atoms with van der Waals surface area (Å²) in [5, 5.41) is 3.18. The van der Waals surface area contributed by atoms with Gasteiger partial charge in [-0.3, -0.25) is 14.5 Å². The molecule has 6 rings (SSSR count). The molecule has 1 aliphatic carbocycles. The van der Waals surface area contributed by atoms with Crippen molar-refractivity contribution < 1.29 is 23.8 Å². The van der Waals surface area contributed by atoms with Crippen molar-refractivity contribution in [2.24, 2.45) is 0 Å². The number of nitrogens with one attached hydrogen (secondary N) is 1. The number of nitrogens with zero attached hydrogens (tertiary/aromatic N) is 1. The molecule has 7 nitrogen and oxygen atoms in total. The maximum absolute atomic E-state index is 14.5. The third-order valence-corrected chi connectivity index (χ3v) is 11.3. The van der Waals surface area contributed by atoms with Gasteiger partial charge in [0.1, 0.15) is 5.75 Å². The monoisotopic (exact) mass is 688 g/mol. The van der Waals surface area contributed by atoms with Gasteiger partial charge < -0.3 is 19.5 Å². The molecule has 0 aromatic heterocycles. The van der Waals surface area contributed by atoms with Crippen molar-refractivity contribution in [1.29, 1.82) is 0 Å². The van der Waals surface area contributed by atoms with E-state index in [1.165, 1.54) is 11.1 Å². The van der Waals surface area contributed by atoms with Crippen LogP contribution in [0, 0.1) is 0 Å². The highest BCUT2D eigenvalue weighted by Crippen LogP contribution is 2.45. The van der Waals surface area contributed by atoms with Gasteiger partial charge >= 0.3 is 0 Å². The highest BCUT2D eigenvalue weighted by atomic mass is 16.5. The van der Waals surface area contributed by atoms with E-state index >= 15 is 0 Å². The lowest BCUT2D eigenvalue weighted by molar-refractivity contribution is -0.120. The van der Waals surface area contributed by atoms with Crippen LogP contribution in [0.4, 0.5) is 0 Å². The molecule has 4 aromatic rings. The number of likely N-dealkylation sites (tertiary alicyclic amines) is 1. The fourth-order valence-corrected chi connectivity index (χ4v) is 8.57. The number of methoxy groups -OCH3 is 3. The van der Waals surface area contributed by atoms with E-state index < -0.39 is 5.54 Å². The summed E-state index contributed by atoms with van der Waals surface area (Å²) in [5.41, 5.74) is 4.65. The van der Waals surface area contributed by atoms with Crippen LogP contribution in [0.15, 0.2) is 97.1 Å². The Morgan fingerprint density at radius 2 is 1.43 bits per heavy atom. The van der Waals surface area contributed by atoms with Gasteiger partial charge in [-0.15, -0.1) is 0 Å². The van der Waals surface area contributed by atoms with Crippen molar-refractivity contribution in [2.45, 2.75) is 75.2 Å². The van der Waals surface area contributed by atoms with Crippen LogP contribution in [0.5, 0.6) is 17.2 Å². The molecule has 4 aromatic carbocycles. The largest absolute Gasteiger partial charge is 0.497 e. The summed E-state index contributed by atoms with van der Waals surface area (Å²) in [6.45, 7) is 2.39. The molecule has 1 fully saturated rings. The van der Waals surface area contributed by atoms with Crippen molar-refractivity contribution in [3.8, 4) is 17.2 Å². The molecule has 1 atom stereocenters. The summed E-state index contributed by atoms with van der Waals surface area (Å²) in [6.07, 6.45) is 8.68. The summed E-state index contributed by atoms with van der Waals surface area (Å²) >= 11 is 0. The summed E-state index contributed by atoms with van der Waals surface area (Å²) < 4.78 is 16.4. The number of benzene rings is 4. The second-order valence-corrected chi connectivity index (χ2v) is 14.1. The molecule has 2 aliphatic rings. The van der Waals surface area contributed by atoms with Crippen molar-refractivity contribution in [2.75, 3.05) is 41.0 Å². The maximum Gasteiger partial charge on any atom is 0.224 e. The molecule has 0 radical (unpaired) electrons. The molecule has 1 aliphatic heterocycles. The number of amides is 1. The van der Waals surface area contributed by atoms with E-state index in [0.29, 0.717) is 24.5 Å². The second-order valence-electron chi connectivity index (χ2n) is 14.1. The molecule has 1 heterocycles. The van der Waals surface area contributed by atoms with Gasteiger partial charge in [-0.2, -0.15) is 0 Å². The summed E-state index contributed by atoms with van der Waals surface area (Å²) in [7, 11) is 4.91. The smallest absolute Gasteiger partial charge is 0.224 e. The summed E-state index contributed by atoms with van der Waals surface area (Å²) in [4.78, 5) is 29.9. The number of Topliss-reactive ketones (excluding diaryl/α,β-unsaturated/α-hetero) is 1. The third kappa shape index (κ3) is 7.84. The molecule has 1 spiro atoms. The third-order valence-electron chi connectivity index (χ3n) is 11.3. The fraction of sp³-hybridized carbons (Fsp3) is 0.409. The second kappa shape index (κ2) is 16.6. The first-order chi connectivity index (χ1) is 24.9. The average molecular weight is 689 g/mol. The summed E-state index contributed by atoms with van der Waals surface area (Å²) in [6, 6.07) is 33.2. The van der Waals surface area contributed by atoms with Gasteiger partial charge in [-0.25, -0.2) is 0 Å². The van der Waals surface area contributed by atoms with E-state index in [0.717, 1.165) is 93.3 Å². The fourth-order valence-electron chi connectivity index (χ4n) is 8.57. The molecule has 0 bridgehead atoms. The van der Waals surface area contributed by atoms with Gasteiger partial charge in [0.2, 0.25) is 5.91 Å². The lowest BCUT2D eigenvalue weighted by atomic mass is 9.68. The zero-order valence-corrected chi connectivity index (χ0v) is 30.4. The molecule has 7 heteroatoms. The number of ether oxygens (including phenoxy) is 3. The average Bonchev–Trinajstić information content (AvgIpc) is 3.18. The van der Waals surface area contributed by atoms with Crippen LogP contribution in [-0.2, 0) is 23.1 Å². The first-order valence-electron chi connectivity index (χ1n) is 18.5. The zero-order valence-electron chi connectivity index (χ0n) is 30.4. The maximum atomic E-state index is 14.5. The molecule has 1 amide bonds. The number of rotatable bonds is 15. The van der Waals surface area contributed by atoms with Gasteiger partial charge in [-0.05, 0) is 117 Å². The number of aryl methyl sites for hydroxylation is 1. The van der Waals surface area contributed by atoms with E-state index in [9.17, 15) is 9.59 Å². The van der Waals surface area contributed by atoms with E-state index in [4.69, 9.17) is 14.2 Å². The molecule has 1 saturated heterocycles. The predicted octanol–water partition coefficient (Wildman–Crippen LogP) is 7.97. The van der Waals surface area contributed by atoms with Crippen molar-refractivity contribution >= 4 is 11.7 Å². The van der Waals surface area contributed by atoms with Crippen LogP contribution in [0.1, 0.15) is 84.0 Å². The van der Waals surface area contributed by atoms with Crippen LogP contribution in [-0.4, -0.2) is 63.1 Å². The zero-order chi connectivity index (χ0) is 35.7. The van der Waals surface area contributed by atoms with Gasteiger partial charge in [0.25, 0.3) is 0 Å². The predicted molar refractivity (Wildman–Crippen MR) is 202 cm³/mol. The number of carbonyl (C=O) groups excluding carboxylic acids is 2. The number of ketones is 1. The summed E-state index contributed by atoms with van der Waals surface area (Å²) in [5.74, 6) is 2.32. The van der Waals surface area contributed by atoms with Crippen molar-refractivity contribution in [3.05, 3.63) is 125 Å². The molecule has 51 heavy (non-hydrogen) atoms. The number of carbonyl (C=O) groups is 2. The Kier molecular flexibility index (Phi) is 11.8. The Morgan fingerprint density at radius 3 is 2.08 bits per heavy atom. The molecular weight excluding hydrogens is 636 g/mol. The topological polar surface area (TPSA) is 77.1 Å². The standard InChI is InChI=1S/C44H52N2O5/c1-49-37-20-18-33(19-21-37)30-41(47)45-27-12-23-43(35-14-6-4-7-15-35,36-16-8-5-9-17-36)24-13-29-46-28-11-10-25-44(46)26-22-34-31-39(50-2)40(51-3)32-38(34)42(44)48/h4-9,14-21,31-32H,10-13,22-30H2,1-3H3,(H,45,47). The van der Waals surface area contributed by atoms with Gasteiger partial charge in [0, 0.05) is 17.5 Å². The molecule has 0 saturated carbocycles. The van der Waals surface area contributed by atoms with Crippen LogP contribution >= 0.6 is 0 Å². The minimum Gasteiger partial charge on any atom is -0.497 e. The highest BCUT2D eigenvalue weighted by molar-refractivity contribution is 6.06. The Morgan fingerprint density at radius 1 is 0.784 bits per heavy atom. The van der Waals surface area contributed by atoms with Gasteiger partial charge in [-0.1, -0.05) is 72.8 Å². The molecule has 268 valence electrons. The van der Waals surface area contributed by atoms with Gasteiger partial charge in [0.15, 0.2) is 17.3 Å². The Bertz CT molecular complexity index is 1720. The van der Waals surface area contributed by atoms with Crippen LogP contribution in [0.3, 0.4) is 0 Å². The highest BCUT2D eigenvalue weighted by Gasteiger charge is 2.48. The molecule has 1 N–H and O–H groups in total. The number of fused-ring (bicyclic) bond motifs is 1. The number of hydrogen-bond donors (Lipinski definition) is 1. The lowest BCUT2D eigenvalue weighted by Gasteiger charge is -2.49. The van der Waals surface area contributed by atoms with Crippen LogP contribution < -0.4 is 19.5 Å². The van der Waals surface area contributed by atoms with Gasteiger partial charge in [0.05, 0.1) is 33.3 Å². The molecule has 1 unspecified atom stereocenters. The first-order valence-corrected chi connectivity index (χ1v) is 18.5. The normalized spacial score (nSPS) is 17.5. The van der Waals surface area contributed by atoms with E-state index in [1.807, 2.05) is 36.4 Å². The van der Waals surface area contributed by atoms with Crippen LogP contribution in [0.25, 0.3) is 0 Å². The molecular formula is C44H52N2O5. The number of hydrogen-bond acceptors (Lipinski definition) is 6. The number of piperidine rings is 1. The van der Waals surface area contributed by atoms with E-state index in [1.54, 1.807) is 21.3 Å².